The van der Waals surface area contributed by atoms with E-state index in [0.717, 1.165) is 32.2 Å². The van der Waals surface area contributed by atoms with Crippen molar-refractivity contribution in [1.82, 2.24) is 4.90 Å². The minimum absolute atomic E-state index is 0.905. The Balaban J connectivity index is 2.53. The summed E-state index contributed by atoms with van der Waals surface area (Å²) in [4.78, 5) is 1.88. The van der Waals surface area contributed by atoms with Crippen molar-refractivity contribution < 1.29 is 8.42 Å². The van der Waals surface area contributed by atoms with Gasteiger partial charge in [-0.3, -0.25) is 0 Å². The first-order valence-corrected chi connectivity index (χ1v) is 5.94. The van der Waals surface area contributed by atoms with Gasteiger partial charge in [-0.25, -0.2) is 8.42 Å². The molecule has 0 spiro atoms. The molecule has 12 heavy (non-hydrogen) atoms. The lowest BCUT2D eigenvalue weighted by atomic mass is 10.1. The van der Waals surface area contributed by atoms with Gasteiger partial charge in [0.2, 0.25) is 9.84 Å². The van der Waals surface area contributed by atoms with Crippen LogP contribution >= 0.6 is 0 Å². The minimum atomic E-state index is -3.13. The zero-order valence-corrected chi connectivity index (χ0v) is 8.02. The summed E-state index contributed by atoms with van der Waals surface area (Å²) in [5.74, 6) is 0. The summed E-state index contributed by atoms with van der Waals surface area (Å²) in [6.07, 6.45) is 4.61. The number of piperidine rings is 1. The molecule has 0 N–H and O–H groups in total. The average Bonchev–Trinajstić information content (AvgIpc) is 2.02. The molecule has 0 aromatic rings. The number of rotatable bonds is 0. The summed E-state index contributed by atoms with van der Waals surface area (Å²) in [6, 6.07) is 2.66. The third kappa shape index (κ3) is 3.63. The van der Waals surface area contributed by atoms with Gasteiger partial charge >= 0.3 is 0 Å². The van der Waals surface area contributed by atoms with Gasteiger partial charge in [-0.1, -0.05) is 0 Å². The molecule has 3 nitrogen and oxygen atoms in total. The maximum absolute atomic E-state index is 10.7. The normalized spacial score (nSPS) is 18.2. The van der Waals surface area contributed by atoms with Gasteiger partial charge in [-0.05, 0) is 19.3 Å². The number of sulfone groups is 1. The minimum Gasteiger partial charge on any atom is -0.332 e. The van der Waals surface area contributed by atoms with E-state index in [0.29, 0.717) is 0 Å². The van der Waals surface area contributed by atoms with E-state index in [1.165, 1.54) is 6.42 Å². The fraction of sp³-hybridized carbons (Fsp3) is 0.750. The molecule has 1 fully saturated rings. The van der Waals surface area contributed by atoms with Crippen molar-refractivity contribution in [3.05, 3.63) is 0 Å². The Morgan fingerprint density at radius 3 is 2.25 bits per heavy atom. The van der Waals surface area contributed by atoms with Crippen molar-refractivity contribution in [2.75, 3.05) is 19.3 Å². The molecule has 1 aliphatic rings. The van der Waals surface area contributed by atoms with Crippen molar-refractivity contribution in [2.45, 2.75) is 19.3 Å². The number of hydrogen-bond acceptors (Lipinski definition) is 3. The van der Waals surface area contributed by atoms with Crippen LogP contribution in [0.1, 0.15) is 19.3 Å². The topological polar surface area (TPSA) is 37.4 Å². The van der Waals surface area contributed by atoms with Crippen LogP contribution in [0.15, 0.2) is 0 Å². The fourth-order valence-corrected chi connectivity index (χ4v) is 1.45. The van der Waals surface area contributed by atoms with Crippen LogP contribution in [0.5, 0.6) is 0 Å². The Labute approximate surface area is 73.7 Å². The highest BCUT2D eigenvalue weighted by molar-refractivity contribution is 7.95. The van der Waals surface area contributed by atoms with Crippen LogP contribution in [0.3, 0.4) is 0 Å². The standard InChI is InChI=1S/C8H13NO2S/c1-12(10,11)8-7-9-5-3-2-4-6-9/h2-6H2,1H3. The average molecular weight is 187 g/mol. The van der Waals surface area contributed by atoms with Crippen LogP contribution in [-0.2, 0) is 9.84 Å². The zero-order valence-electron chi connectivity index (χ0n) is 7.21. The van der Waals surface area contributed by atoms with Crippen LogP contribution in [-0.4, -0.2) is 32.7 Å². The molecule has 0 amide bonds. The Morgan fingerprint density at radius 2 is 1.75 bits per heavy atom. The molecule has 0 radical (unpaired) electrons. The van der Waals surface area contributed by atoms with Gasteiger partial charge in [0.15, 0.2) is 0 Å². The quantitative estimate of drug-likeness (QED) is 0.516. The first-order valence-electron chi connectivity index (χ1n) is 4.05. The SMILES string of the molecule is CS(=O)(=O)C#CN1CCCCC1. The first kappa shape index (κ1) is 9.40. The Hall–Kier alpha value is -0.690. The highest BCUT2D eigenvalue weighted by atomic mass is 32.2. The molecule has 1 saturated heterocycles. The molecule has 0 aromatic heterocycles. The molecule has 1 aliphatic heterocycles. The van der Waals surface area contributed by atoms with Gasteiger partial charge < -0.3 is 4.90 Å². The molecular formula is C8H13NO2S. The lowest BCUT2D eigenvalue weighted by Crippen LogP contribution is -2.24. The second kappa shape index (κ2) is 3.81. The molecule has 0 atom stereocenters. The molecule has 1 rings (SSSR count). The van der Waals surface area contributed by atoms with E-state index in [1.54, 1.807) is 0 Å². The summed E-state index contributed by atoms with van der Waals surface area (Å²) in [7, 11) is -3.13. The second-order valence-electron chi connectivity index (χ2n) is 3.03. The van der Waals surface area contributed by atoms with Crippen molar-refractivity contribution in [3.8, 4) is 11.3 Å². The molecule has 0 saturated carbocycles. The molecule has 68 valence electrons. The van der Waals surface area contributed by atoms with Gasteiger partial charge in [0.25, 0.3) is 0 Å². The zero-order chi connectivity index (χ0) is 9.03. The molecule has 1 heterocycles. The highest BCUT2D eigenvalue weighted by Crippen LogP contribution is 2.06. The molecule has 0 bridgehead atoms. The van der Waals surface area contributed by atoms with E-state index >= 15 is 0 Å². The van der Waals surface area contributed by atoms with Gasteiger partial charge in [0.1, 0.15) is 0 Å². The number of likely N-dealkylation sites (tertiary alicyclic amines) is 1. The van der Waals surface area contributed by atoms with Crippen LogP contribution in [0.4, 0.5) is 0 Å². The van der Waals surface area contributed by atoms with Crippen LogP contribution in [0.2, 0.25) is 0 Å². The lowest BCUT2D eigenvalue weighted by Gasteiger charge is -2.21. The smallest absolute Gasteiger partial charge is 0.215 e. The first-order chi connectivity index (χ1) is 5.58. The van der Waals surface area contributed by atoms with E-state index in [9.17, 15) is 8.42 Å². The maximum atomic E-state index is 10.7. The Bertz CT molecular complexity index is 291. The van der Waals surface area contributed by atoms with E-state index < -0.39 is 9.84 Å². The van der Waals surface area contributed by atoms with Gasteiger partial charge in [0, 0.05) is 19.1 Å². The molecule has 0 aliphatic carbocycles. The van der Waals surface area contributed by atoms with Gasteiger partial charge in [0.05, 0.1) is 11.5 Å². The summed E-state index contributed by atoms with van der Waals surface area (Å²) in [5.41, 5.74) is 0. The number of nitrogens with zero attached hydrogens (tertiary/aromatic N) is 1. The molecular weight excluding hydrogens is 174 g/mol. The second-order valence-corrected chi connectivity index (χ2v) is 4.78. The fourth-order valence-electron chi connectivity index (χ4n) is 1.15. The third-order valence-corrected chi connectivity index (χ3v) is 2.21. The van der Waals surface area contributed by atoms with E-state index in [2.05, 4.69) is 11.3 Å². The predicted molar refractivity (Wildman–Crippen MR) is 48.0 cm³/mol. The summed E-state index contributed by atoms with van der Waals surface area (Å²) in [5, 5.41) is 2.24. The van der Waals surface area contributed by atoms with Crippen molar-refractivity contribution >= 4 is 9.84 Å². The van der Waals surface area contributed by atoms with Crippen LogP contribution in [0.25, 0.3) is 0 Å². The predicted octanol–water partition coefficient (Wildman–Crippen LogP) is 0.435. The molecule has 0 unspecified atom stereocenters. The summed E-state index contributed by atoms with van der Waals surface area (Å²) >= 11 is 0. The third-order valence-electron chi connectivity index (χ3n) is 1.75. The maximum Gasteiger partial charge on any atom is 0.215 e. The van der Waals surface area contributed by atoms with Gasteiger partial charge in [-0.15, -0.1) is 0 Å². The Kier molecular flexibility index (Phi) is 2.99. The van der Waals surface area contributed by atoms with Crippen molar-refractivity contribution in [2.24, 2.45) is 0 Å². The lowest BCUT2D eigenvalue weighted by molar-refractivity contribution is 0.327. The molecule has 0 aromatic carbocycles. The van der Waals surface area contributed by atoms with Gasteiger partial charge in [-0.2, -0.15) is 0 Å². The van der Waals surface area contributed by atoms with E-state index in [1.807, 2.05) is 4.90 Å². The molecule has 4 heteroatoms. The van der Waals surface area contributed by atoms with Crippen LogP contribution < -0.4 is 0 Å². The summed E-state index contributed by atoms with van der Waals surface area (Å²) < 4.78 is 21.3. The van der Waals surface area contributed by atoms with Crippen LogP contribution in [0, 0.1) is 11.3 Å². The Morgan fingerprint density at radius 1 is 1.17 bits per heavy atom. The van der Waals surface area contributed by atoms with E-state index in [-0.39, 0.29) is 0 Å². The van der Waals surface area contributed by atoms with Crippen molar-refractivity contribution in [3.63, 3.8) is 0 Å². The number of hydrogen-bond donors (Lipinski definition) is 0. The van der Waals surface area contributed by atoms with E-state index in [4.69, 9.17) is 0 Å². The largest absolute Gasteiger partial charge is 0.332 e. The monoisotopic (exact) mass is 187 g/mol. The summed E-state index contributed by atoms with van der Waals surface area (Å²) in [6.45, 7) is 1.81. The highest BCUT2D eigenvalue weighted by Gasteiger charge is 2.05. The van der Waals surface area contributed by atoms with Crippen molar-refractivity contribution in [1.29, 1.82) is 0 Å².